The fraction of sp³-hybridized carbons (Fsp3) is 0.0222. The van der Waals surface area contributed by atoms with Gasteiger partial charge in [0.1, 0.15) is 17.3 Å². The molecule has 0 radical (unpaired) electrons. The Bertz CT molecular complexity index is 2700. The van der Waals surface area contributed by atoms with Gasteiger partial charge in [0.05, 0.1) is 11.0 Å². The molecule has 8 aromatic rings. The van der Waals surface area contributed by atoms with Crippen LogP contribution in [0.5, 0.6) is 11.5 Å². The fourth-order valence-electron chi connectivity index (χ4n) is 7.29. The zero-order valence-corrected chi connectivity index (χ0v) is 27.0. The second-order valence-electron chi connectivity index (χ2n) is 12.6. The van der Waals surface area contributed by atoms with Crippen LogP contribution >= 0.6 is 0 Å². The molecule has 10 rings (SSSR count). The maximum Gasteiger partial charge on any atom is 0.211 e. The van der Waals surface area contributed by atoms with E-state index in [2.05, 4.69) is 143 Å². The van der Waals surface area contributed by atoms with Gasteiger partial charge < -0.3 is 10.1 Å². The van der Waals surface area contributed by atoms with E-state index in [0.717, 1.165) is 67.0 Å². The lowest BCUT2D eigenvalue weighted by Gasteiger charge is -2.24. The molecule has 0 saturated heterocycles. The van der Waals surface area contributed by atoms with E-state index in [-0.39, 0.29) is 0 Å². The van der Waals surface area contributed by atoms with Gasteiger partial charge in [0.15, 0.2) is 6.17 Å². The molecule has 50 heavy (non-hydrogen) atoms. The van der Waals surface area contributed by atoms with Gasteiger partial charge in [0.25, 0.3) is 0 Å². The van der Waals surface area contributed by atoms with Crippen molar-refractivity contribution >= 4 is 56.5 Å². The van der Waals surface area contributed by atoms with Crippen molar-refractivity contribution in [3.05, 3.63) is 180 Å². The zero-order chi connectivity index (χ0) is 33.0. The molecule has 236 valence electrons. The van der Waals surface area contributed by atoms with Crippen molar-refractivity contribution in [3.8, 4) is 22.6 Å². The second-order valence-corrected chi connectivity index (χ2v) is 12.6. The molecule has 0 amide bonds. The SMILES string of the molecule is C1=Cc2c(ccc3c4ccccc4n(C4=NC(c5ccc(-c6cccc7ccccc67)cc5)N=C(c5ccccc5)N4)c23)Oc2ccccc21. The van der Waals surface area contributed by atoms with Crippen molar-refractivity contribution in [3.63, 3.8) is 0 Å². The van der Waals surface area contributed by atoms with Gasteiger partial charge in [0, 0.05) is 27.5 Å². The molecule has 7 aromatic carbocycles. The lowest BCUT2D eigenvalue weighted by molar-refractivity contribution is 0.482. The summed E-state index contributed by atoms with van der Waals surface area (Å²) < 4.78 is 8.78. The summed E-state index contributed by atoms with van der Waals surface area (Å²) in [5.74, 6) is 3.11. The molecular formula is C45H30N4O. The fourth-order valence-corrected chi connectivity index (χ4v) is 7.29. The van der Waals surface area contributed by atoms with Crippen LogP contribution in [0.4, 0.5) is 0 Å². The molecule has 2 aliphatic heterocycles. The van der Waals surface area contributed by atoms with Gasteiger partial charge in [-0.05, 0) is 57.8 Å². The number of para-hydroxylation sites is 2. The maximum absolute atomic E-state index is 6.54. The third kappa shape index (κ3) is 4.63. The summed E-state index contributed by atoms with van der Waals surface area (Å²) in [5.41, 5.74) is 8.50. The summed E-state index contributed by atoms with van der Waals surface area (Å²) >= 11 is 0. The predicted molar refractivity (Wildman–Crippen MR) is 206 cm³/mol. The number of ether oxygens (including phenoxy) is 1. The van der Waals surface area contributed by atoms with Gasteiger partial charge in [-0.15, -0.1) is 0 Å². The molecular weight excluding hydrogens is 613 g/mol. The molecule has 0 saturated carbocycles. The molecule has 1 aromatic heterocycles. The number of nitrogens with zero attached hydrogens (tertiary/aromatic N) is 3. The average molecular weight is 643 g/mol. The molecule has 0 fully saturated rings. The van der Waals surface area contributed by atoms with Crippen molar-refractivity contribution in [2.45, 2.75) is 6.17 Å². The van der Waals surface area contributed by atoms with Crippen molar-refractivity contribution in [1.29, 1.82) is 0 Å². The first-order valence-electron chi connectivity index (χ1n) is 16.9. The average Bonchev–Trinajstić information content (AvgIpc) is 3.40. The van der Waals surface area contributed by atoms with E-state index in [4.69, 9.17) is 14.7 Å². The Morgan fingerprint density at radius 2 is 1.30 bits per heavy atom. The highest BCUT2D eigenvalue weighted by molar-refractivity contribution is 6.20. The highest BCUT2D eigenvalue weighted by atomic mass is 16.5. The van der Waals surface area contributed by atoms with Crippen LogP contribution in [0, 0.1) is 0 Å². The molecule has 3 heterocycles. The molecule has 5 heteroatoms. The van der Waals surface area contributed by atoms with Crippen LogP contribution in [0.2, 0.25) is 0 Å². The minimum absolute atomic E-state index is 0.461. The monoisotopic (exact) mass is 642 g/mol. The topological polar surface area (TPSA) is 50.9 Å². The normalized spacial score (nSPS) is 15.1. The Morgan fingerprint density at radius 3 is 2.20 bits per heavy atom. The first-order chi connectivity index (χ1) is 24.8. The molecule has 5 nitrogen and oxygen atoms in total. The Kier molecular flexibility index (Phi) is 6.49. The summed E-state index contributed by atoms with van der Waals surface area (Å²) in [6.45, 7) is 0. The summed E-state index contributed by atoms with van der Waals surface area (Å²) in [6.07, 6.45) is 3.84. The molecule has 1 atom stereocenters. The van der Waals surface area contributed by atoms with E-state index in [9.17, 15) is 0 Å². The lowest BCUT2D eigenvalue weighted by atomic mass is 9.97. The number of hydrogen-bond donors (Lipinski definition) is 1. The predicted octanol–water partition coefficient (Wildman–Crippen LogP) is 10.8. The number of hydrogen-bond acceptors (Lipinski definition) is 4. The molecule has 0 bridgehead atoms. The number of nitrogens with one attached hydrogen (secondary N) is 1. The van der Waals surface area contributed by atoms with Gasteiger partial charge in [-0.1, -0.05) is 140 Å². The minimum Gasteiger partial charge on any atom is -0.456 e. The van der Waals surface area contributed by atoms with E-state index in [1.807, 2.05) is 36.4 Å². The Labute approximate surface area is 289 Å². The Balaban J connectivity index is 1.15. The Hall–Kier alpha value is -6.72. The van der Waals surface area contributed by atoms with Crippen LogP contribution in [0.15, 0.2) is 168 Å². The van der Waals surface area contributed by atoms with Crippen LogP contribution in [-0.2, 0) is 0 Å². The summed E-state index contributed by atoms with van der Waals surface area (Å²) in [6, 6.07) is 54.8. The van der Waals surface area contributed by atoms with Gasteiger partial charge in [-0.2, -0.15) is 0 Å². The number of amidine groups is 1. The van der Waals surface area contributed by atoms with Crippen LogP contribution in [0.1, 0.15) is 28.4 Å². The zero-order valence-electron chi connectivity index (χ0n) is 27.0. The third-order valence-electron chi connectivity index (χ3n) is 9.70. The van der Waals surface area contributed by atoms with Crippen LogP contribution < -0.4 is 10.1 Å². The first kappa shape index (κ1) is 28.3. The highest BCUT2D eigenvalue weighted by Crippen LogP contribution is 2.41. The molecule has 2 aliphatic rings. The van der Waals surface area contributed by atoms with E-state index >= 15 is 0 Å². The van der Waals surface area contributed by atoms with Crippen molar-refractivity contribution < 1.29 is 4.74 Å². The summed E-state index contributed by atoms with van der Waals surface area (Å²) in [4.78, 5) is 10.5. The quantitative estimate of drug-likeness (QED) is 0.208. The highest BCUT2D eigenvalue weighted by Gasteiger charge is 2.26. The van der Waals surface area contributed by atoms with Crippen molar-refractivity contribution in [2.75, 3.05) is 0 Å². The van der Waals surface area contributed by atoms with Crippen LogP contribution in [0.25, 0.3) is 55.9 Å². The van der Waals surface area contributed by atoms with E-state index in [1.165, 1.54) is 16.3 Å². The molecule has 0 aliphatic carbocycles. The number of benzene rings is 7. The smallest absolute Gasteiger partial charge is 0.211 e. The molecule has 1 N–H and O–H groups in total. The maximum atomic E-state index is 6.54. The van der Waals surface area contributed by atoms with E-state index in [1.54, 1.807) is 0 Å². The number of fused-ring (bicyclic) bond motifs is 7. The van der Waals surface area contributed by atoms with E-state index in [0.29, 0.717) is 5.96 Å². The minimum atomic E-state index is -0.461. The van der Waals surface area contributed by atoms with Gasteiger partial charge in [-0.25, -0.2) is 9.98 Å². The van der Waals surface area contributed by atoms with Gasteiger partial charge in [0.2, 0.25) is 5.96 Å². The van der Waals surface area contributed by atoms with E-state index < -0.39 is 6.17 Å². The molecule has 1 unspecified atom stereocenters. The standard InChI is InChI=1S/C45H30N4O/c1-2-13-32(14-3-1)43-46-44(33-23-21-30(22-24-33)35-18-10-15-29-11-4-6-16-34(29)35)48-45(47-43)49-39-19-8-7-17-36(39)37-27-28-41-38(42(37)49)26-25-31-12-5-9-20-40(31)50-41/h1-28,44H,(H,46,47,48). The molecule has 0 spiro atoms. The van der Waals surface area contributed by atoms with Gasteiger partial charge in [-0.3, -0.25) is 4.57 Å². The lowest BCUT2D eigenvalue weighted by Crippen LogP contribution is -2.39. The number of rotatable bonds is 3. The first-order valence-corrected chi connectivity index (χ1v) is 16.9. The van der Waals surface area contributed by atoms with Crippen LogP contribution in [0.3, 0.4) is 0 Å². The number of aromatic nitrogens is 1. The van der Waals surface area contributed by atoms with Crippen molar-refractivity contribution in [2.24, 2.45) is 9.98 Å². The Morgan fingerprint density at radius 1 is 0.540 bits per heavy atom. The van der Waals surface area contributed by atoms with Gasteiger partial charge >= 0.3 is 0 Å². The van der Waals surface area contributed by atoms with Crippen molar-refractivity contribution in [1.82, 2.24) is 9.88 Å². The summed E-state index contributed by atoms with van der Waals surface area (Å²) in [5, 5.41) is 8.39. The van der Waals surface area contributed by atoms with Crippen LogP contribution in [-0.4, -0.2) is 16.4 Å². The second kappa shape index (κ2) is 11.5. The largest absolute Gasteiger partial charge is 0.456 e. The summed E-state index contributed by atoms with van der Waals surface area (Å²) in [7, 11) is 0. The third-order valence-corrected chi connectivity index (χ3v) is 9.70. The number of aliphatic imine (C=N–C) groups is 2.